The van der Waals surface area contributed by atoms with Gasteiger partial charge in [0.2, 0.25) is 0 Å². The van der Waals surface area contributed by atoms with Gasteiger partial charge in [-0.3, -0.25) is 0 Å². The minimum absolute atomic E-state index is 0.993. The molecule has 0 aromatic heterocycles. The van der Waals surface area contributed by atoms with Crippen LogP contribution in [0.15, 0.2) is 12.2 Å². The molecule has 0 aliphatic heterocycles. The van der Waals surface area contributed by atoms with Crippen LogP contribution >= 0.6 is 15.9 Å². The van der Waals surface area contributed by atoms with E-state index in [0.29, 0.717) is 0 Å². The molecule has 0 atom stereocenters. The Labute approximate surface area is 53.7 Å². The van der Waals surface area contributed by atoms with E-state index in [2.05, 4.69) is 35.0 Å². The molecule has 0 spiro atoms. The molecule has 0 heterocycles. The molecule has 0 rings (SSSR count). The fourth-order valence-corrected chi connectivity index (χ4v) is 0.612. The van der Waals surface area contributed by atoms with Gasteiger partial charge in [0.15, 0.2) is 0 Å². The van der Waals surface area contributed by atoms with Gasteiger partial charge in [-0.15, -0.1) is 0 Å². The van der Waals surface area contributed by atoms with Crippen LogP contribution in [0.1, 0.15) is 19.8 Å². The Morgan fingerprint density at radius 1 is 1.43 bits per heavy atom. The molecule has 0 saturated carbocycles. The number of hydrogen-bond acceptors (Lipinski definition) is 0. The summed E-state index contributed by atoms with van der Waals surface area (Å²) in [6, 6.07) is 0. The van der Waals surface area contributed by atoms with Crippen molar-refractivity contribution in [2.45, 2.75) is 19.8 Å². The van der Waals surface area contributed by atoms with E-state index >= 15 is 0 Å². The zero-order chi connectivity index (χ0) is 5.54. The van der Waals surface area contributed by atoms with Crippen LogP contribution < -0.4 is 0 Å². The molecule has 0 amide bonds. The quantitative estimate of drug-likeness (QED) is 0.443. The largest absolute Gasteiger partial charge is 0.0883 e. The van der Waals surface area contributed by atoms with Crippen LogP contribution in [0.2, 0.25) is 0 Å². The average molecular weight is 163 g/mol. The summed E-state index contributed by atoms with van der Waals surface area (Å²) < 4.78 is 0. The van der Waals surface area contributed by atoms with Gasteiger partial charge in [-0.25, -0.2) is 0 Å². The molecule has 0 fully saturated rings. The lowest BCUT2D eigenvalue weighted by Crippen LogP contribution is -1.61. The van der Waals surface area contributed by atoms with Crippen molar-refractivity contribution in [1.82, 2.24) is 0 Å². The van der Waals surface area contributed by atoms with Gasteiger partial charge in [-0.1, -0.05) is 41.4 Å². The van der Waals surface area contributed by atoms with Crippen LogP contribution in [0.4, 0.5) is 0 Å². The molecule has 0 bridgehead atoms. The highest BCUT2D eigenvalue weighted by atomic mass is 79.9. The minimum atomic E-state index is 0.993. The van der Waals surface area contributed by atoms with Crippen LogP contribution in [-0.2, 0) is 0 Å². The van der Waals surface area contributed by atoms with Crippen LogP contribution in [0.5, 0.6) is 0 Å². The first kappa shape index (κ1) is 7.22. The number of unbranched alkanes of at least 4 members (excludes halogenated alkanes) is 1. The summed E-state index contributed by atoms with van der Waals surface area (Å²) in [4.78, 5) is 0. The summed E-state index contributed by atoms with van der Waals surface area (Å²) in [5.41, 5.74) is 0. The normalized spacial score (nSPS) is 10.6. The van der Waals surface area contributed by atoms with E-state index in [1.165, 1.54) is 12.8 Å². The standard InChI is InChI=1S/C6H11Br/c1-2-3-4-5-6-7/h4-5H,2-3,6H2,1H3/b5-4-. The van der Waals surface area contributed by atoms with Crippen molar-refractivity contribution >= 4 is 15.9 Å². The fraction of sp³-hybridized carbons (Fsp3) is 0.667. The van der Waals surface area contributed by atoms with Crippen molar-refractivity contribution in [3.05, 3.63) is 12.2 Å². The molecule has 7 heavy (non-hydrogen) atoms. The second kappa shape index (κ2) is 6.22. The Morgan fingerprint density at radius 3 is 2.57 bits per heavy atom. The van der Waals surface area contributed by atoms with E-state index in [-0.39, 0.29) is 0 Å². The van der Waals surface area contributed by atoms with Crippen LogP contribution in [0.25, 0.3) is 0 Å². The van der Waals surface area contributed by atoms with Gasteiger partial charge in [-0.2, -0.15) is 0 Å². The maximum Gasteiger partial charge on any atom is 0.0212 e. The molecule has 0 aliphatic rings. The SMILES string of the molecule is CCC/C=C\CBr. The smallest absolute Gasteiger partial charge is 0.0212 e. The summed E-state index contributed by atoms with van der Waals surface area (Å²) >= 11 is 3.29. The number of alkyl halides is 1. The molecule has 0 nitrogen and oxygen atoms in total. The molecule has 0 saturated heterocycles. The molecule has 0 aromatic rings. The third-order valence-corrected chi connectivity index (χ3v) is 1.08. The van der Waals surface area contributed by atoms with Gasteiger partial charge in [0.25, 0.3) is 0 Å². The molecule has 1 heteroatoms. The van der Waals surface area contributed by atoms with E-state index in [0.717, 1.165) is 5.33 Å². The summed E-state index contributed by atoms with van der Waals surface area (Å²) in [6.07, 6.45) is 6.79. The van der Waals surface area contributed by atoms with Gasteiger partial charge < -0.3 is 0 Å². The van der Waals surface area contributed by atoms with E-state index in [4.69, 9.17) is 0 Å². The highest BCUT2D eigenvalue weighted by Crippen LogP contribution is 1.89. The first-order valence-corrected chi connectivity index (χ1v) is 3.75. The zero-order valence-electron chi connectivity index (χ0n) is 4.65. The molecular weight excluding hydrogens is 152 g/mol. The fourth-order valence-electron chi connectivity index (χ4n) is 0.348. The predicted octanol–water partition coefficient (Wildman–Crippen LogP) is 2.74. The Morgan fingerprint density at radius 2 is 2.14 bits per heavy atom. The molecule has 0 unspecified atom stereocenters. The number of rotatable bonds is 3. The summed E-state index contributed by atoms with van der Waals surface area (Å²) in [5.74, 6) is 0. The van der Waals surface area contributed by atoms with Gasteiger partial charge >= 0.3 is 0 Å². The third kappa shape index (κ3) is 6.22. The Balaban J connectivity index is 2.78. The van der Waals surface area contributed by atoms with E-state index in [9.17, 15) is 0 Å². The van der Waals surface area contributed by atoms with Crippen molar-refractivity contribution in [3.63, 3.8) is 0 Å². The molecule has 0 N–H and O–H groups in total. The Bertz CT molecular complexity index is 48.1. The van der Waals surface area contributed by atoms with E-state index in [1.54, 1.807) is 0 Å². The van der Waals surface area contributed by atoms with Crippen molar-refractivity contribution in [1.29, 1.82) is 0 Å². The minimum Gasteiger partial charge on any atom is -0.0883 e. The second-order valence-corrected chi connectivity index (χ2v) is 2.06. The van der Waals surface area contributed by atoms with Crippen LogP contribution in [0, 0.1) is 0 Å². The number of allylic oxidation sites excluding steroid dienone is 2. The van der Waals surface area contributed by atoms with Gasteiger partial charge in [0.05, 0.1) is 0 Å². The molecule has 0 aromatic carbocycles. The van der Waals surface area contributed by atoms with Gasteiger partial charge in [0.1, 0.15) is 0 Å². The van der Waals surface area contributed by atoms with Crippen molar-refractivity contribution < 1.29 is 0 Å². The second-order valence-electron chi connectivity index (χ2n) is 1.41. The molecule has 0 aliphatic carbocycles. The number of halogens is 1. The third-order valence-electron chi connectivity index (χ3n) is 0.711. The maximum absolute atomic E-state index is 3.29. The summed E-state index contributed by atoms with van der Waals surface area (Å²) in [5, 5.41) is 0.993. The monoisotopic (exact) mass is 162 g/mol. The number of hydrogen-bond donors (Lipinski definition) is 0. The first-order valence-electron chi connectivity index (χ1n) is 2.62. The lowest BCUT2D eigenvalue weighted by atomic mass is 10.3. The van der Waals surface area contributed by atoms with E-state index in [1.807, 2.05) is 0 Å². The molecule has 42 valence electrons. The van der Waals surface area contributed by atoms with Crippen molar-refractivity contribution in [2.24, 2.45) is 0 Å². The average Bonchev–Trinajstić information content (AvgIpc) is 1.69. The van der Waals surface area contributed by atoms with Gasteiger partial charge in [-0.05, 0) is 6.42 Å². The summed E-state index contributed by atoms with van der Waals surface area (Å²) in [6.45, 7) is 2.18. The van der Waals surface area contributed by atoms with Crippen molar-refractivity contribution in [3.8, 4) is 0 Å². The Hall–Kier alpha value is 0.220. The molecular formula is C6H11Br. The van der Waals surface area contributed by atoms with Crippen molar-refractivity contribution in [2.75, 3.05) is 5.33 Å². The maximum atomic E-state index is 3.29. The predicted molar refractivity (Wildman–Crippen MR) is 37.8 cm³/mol. The Kier molecular flexibility index (Phi) is 6.42. The van der Waals surface area contributed by atoms with Gasteiger partial charge in [0, 0.05) is 5.33 Å². The highest BCUT2D eigenvalue weighted by Gasteiger charge is 1.68. The summed E-state index contributed by atoms with van der Waals surface area (Å²) in [7, 11) is 0. The molecule has 0 radical (unpaired) electrons. The lowest BCUT2D eigenvalue weighted by Gasteiger charge is -1.78. The first-order chi connectivity index (χ1) is 3.41. The van der Waals surface area contributed by atoms with E-state index < -0.39 is 0 Å². The zero-order valence-corrected chi connectivity index (χ0v) is 6.24. The van der Waals surface area contributed by atoms with Crippen LogP contribution in [0.3, 0.4) is 0 Å². The lowest BCUT2D eigenvalue weighted by molar-refractivity contribution is 0.957. The highest BCUT2D eigenvalue weighted by molar-refractivity contribution is 9.09. The topological polar surface area (TPSA) is 0 Å². The van der Waals surface area contributed by atoms with Crippen LogP contribution in [-0.4, -0.2) is 5.33 Å².